The van der Waals surface area contributed by atoms with Gasteiger partial charge in [-0.3, -0.25) is 9.69 Å². The third-order valence-corrected chi connectivity index (χ3v) is 6.82. The van der Waals surface area contributed by atoms with Gasteiger partial charge < -0.3 is 29.3 Å². The van der Waals surface area contributed by atoms with E-state index < -0.39 is 18.3 Å². The molecule has 2 aromatic carbocycles. The molecule has 3 fully saturated rings. The maximum Gasteiger partial charge on any atom is 0.268 e. The molecule has 34 heavy (non-hydrogen) atoms. The topological polar surface area (TPSA) is 91.7 Å². The number of rotatable bonds is 9. The van der Waals surface area contributed by atoms with Crippen LogP contribution in [-0.2, 0) is 4.79 Å². The summed E-state index contributed by atoms with van der Waals surface area (Å²) in [5.74, 6) is 2.49. The molecule has 2 heterocycles. The molecule has 182 valence electrons. The van der Waals surface area contributed by atoms with E-state index in [9.17, 15) is 15.0 Å². The van der Waals surface area contributed by atoms with Crippen molar-refractivity contribution >= 4 is 11.6 Å². The summed E-state index contributed by atoms with van der Waals surface area (Å²) in [5.41, 5.74) is 2.09. The van der Waals surface area contributed by atoms with Gasteiger partial charge in [-0.2, -0.15) is 0 Å². The van der Waals surface area contributed by atoms with E-state index in [0.717, 1.165) is 11.4 Å². The van der Waals surface area contributed by atoms with Gasteiger partial charge in [0.1, 0.15) is 12.4 Å². The maximum atomic E-state index is 13.0. The molecule has 0 radical (unpaired) electrons. The highest BCUT2D eigenvalue weighted by Gasteiger charge is 2.35. The first-order valence-corrected chi connectivity index (χ1v) is 12.0. The molecule has 5 rings (SSSR count). The molecule has 8 heteroatoms. The lowest BCUT2D eigenvalue weighted by Crippen LogP contribution is -2.32. The van der Waals surface area contributed by atoms with Crippen LogP contribution in [0.5, 0.6) is 17.2 Å². The second kappa shape index (κ2) is 9.82. The van der Waals surface area contributed by atoms with Gasteiger partial charge in [-0.15, -0.1) is 0 Å². The molecular formula is C26H32N2O6. The quantitative estimate of drug-likeness (QED) is 0.583. The van der Waals surface area contributed by atoms with Crippen molar-refractivity contribution in [2.24, 2.45) is 0 Å². The number of aliphatic hydroxyl groups excluding tert-OH is 2. The molecule has 3 aliphatic rings. The smallest absolute Gasteiger partial charge is 0.268 e. The fourth-order valence-corrected chi connectivity index (χ4v) is 4.68. The highest BCUT2D eigenvalue weighted by molar-refractivity contribution is 5.99. The molecule has 3 atom stereocenters. The van der Waals surface area contributed by atoms with Crippen molar-refractivity contribution in [1.29, 1.82) is 0 Å². The first-order chi connectivity index (χ1) is 16.5. The SMILES string of the molecule is COc1cc(N2CC[C@H](Oc3ccc(C4CC4)cc3)C2=O)ccc1OCCN1C[C@@H](O)[C@@H](O)C1. The summed E-state index contributed by atoms with van der Waals surface area (Å²) in [7, 11) is 1.57. The van der Waals surface area contributed by atoms with E-state index in [-0.39, 0.29) is 5.91 Å². The van der Waals surface area contributed by atoms with Crippen LogP contribution >= 0.6 is 0 Å². The number of carbonyl (C=O) groups is 1. The number of hydrogen-bond acceptors (Lipinski definition) is 7. The fourth-order valence-electron chi connectivity index (χ4n) is 4.68. The van der Waals surface area contributed by atoms with Crippen LogP contribution in [0.1, 0.15) is 30.7 Å². The number of amides is 1. The van der Waals surface area contributed by atoms with Gasteiger partial charge in [-0.05, 0) is 48.6 Å². The molecule has 0 aromatic heterocycles. The summed E-state index contributed by atoms with van der Waals surface area (Å²) >= 11 is 0. The summed E-state index contributed by atoms with van der Waals surface area (Å²) < 4.78 is 17.4. The second-order valence-electron chi connectivity index (χ2n) is 9.31. The Morgan fingerprint density at radius 2 is 1.71 bits per heavy atom. The number of aliphatic hydroxyl groups is 2. The van der Waals surface area contributed by atoms with Crippen LogP contribution in [0.2, 0.25) is 0 Å². The Morgan fingerprint density at radius 3 is 2.38 bits per heavy atom. The Kier molecular flexibility index (Phi) is 6.63. The van der Waals surface area contributed by atoms with Crippen molar-refractivity contribution in [2.75, 3.05) is 44.8 Å². The van der Waals surface area contributed by atoms with E-state index in [1.165, 1.54) is 18.4 Å². The van der Waals surface area contributed by atoms with Crippen molar-refractivity contribution < 1.29 is 29.2 Å². The molecule has 8 nitrogen and oxygen atoms in total. The Balaban J connectivity index is 1.17. The number of hydrogen-bond donors (Lipinski definition) is 2. The van der Waals surface area contributed by atoms with Crippen LogP contribution in [0, 0.1) is 0 Å². The number of ether oxygens (including phenoxy) is 3. The van der Waals surface area contributed by atoms with Gasteiger partial charge in [0.2, 0.25) is 0 Å². The minimum atomic E-state index is -0.707. The number of anilines is 1. The van der Waals surface area contributed by atoms with E-state index in [0.29, 0.717) is 56.6 Å². The minimum Gasteiger partial charge on any atom is -0.493 e. The van der Waals surface area contributed by atoms with Gasteiger partial charge in [0.05, 0.1) is 19.3 Å². The molecule has 2 aliphatic heterocycles. The van der Waals surface area contributed by atoms with Crippen LogP contribution in [-0.4, -0.2) is 79.2 Å². The monoisotopic (exact) mass is 468 g/mol. The predicted octanol–water partition coefficient (Wildman–Crippen LogP) is 2.17. The van der Waals surface area contributed by atoms with Crippen molar-refractivity contribution in [2.45, 2.75) is 43.5 Å². The lowest BCUT2D eigenvalue weighted by atomic mass is 10.1. The number of β-amino-alcohol motifs (C(OH)–C–C–N with tert-alkyl or cyclic N) is 2. The number of carbonyl (C=O) groups excluding carboxylic acids is 1. The molecule has 0 unspecified atom stereocenters. The molecule has 1 amide bonds. The Labute approximate surface area is 199 Å². The fraction of sp³-hybridized carbons (Fsp3) is 0.500. The van der Waals surface area contributed by atoms with Crippen LogP contribution in [0.3, 0.4) is 0 Å². The first kappa shape index (κ1) is 23.0. The minimum absolute atomic E-state index is 0.0619. The molecular weight excluding hydrogens is 436 g/mol. The second-order valence-corrected chi connectivity index (χ2v) is 9.31. The van der Waals surface area contributed by atoms with E-state index in [4.69, 9.17) is 14.2 Å². The zero-order chi connectivity index (χ0) is 23.7. The van der Waals surface area contributed by atoms with Crippen molar-refractivity contribution in [3.63, 3.8) is 0 Å². The zero-order valence-electron chi connectivity index (χ0n) is 19.4. The summed E-state index contributed by atoms with van der Waals surface area (Å²) in [6, 6.07) is 13.6. The molecule has 1 aliphatic carbocycles. The first-order valence-electron chi connectivity index (χ1n) is 12.0. The summed E-state index contributed by atoms with van der Waals surface area (Å²) in [6.07, 6.45) is 1.23. The van der Waals surface area contributed by atoms with Crippen molar-refractivity contribution in [3.05, 3.63) is 48.0 Å². The third-order valence-electron chi connectivity index (χ3n) is 6.82. The van der Waals surface area contributed by atoms with Crippen LogP contribution < -0.4 is 19.1 Å². The van der Waals surface area contributed by atoms with Gasteiger partial charge >= 0.3 is 0 Å². The zero-order valence-corrected chi connectivity index (χ0v) is 19.4. The average molecular weight is 469 g/mol. The third kappa shape index (κ3) is 4.99. The highest BCUT2D eigenvalue weighted by atomic mass is 16.5. The summed E-state index contributed by atoms with van der Waals surface area (Å²) in [4.78, 5) is 16.7. The van der Waals surface area contributed by atoms with Gasteiger partial charge in [0, 0.05) is 44.4 Å². The Bertz CT molecular complexity index is 999. The van der Waals surface area contributed by atoms with E-state index in [2.05, 4.69) is 12.1 Å². The molecule has 2 saturated heterocycles. The van der Waals surface area contributed by atoms with Gasteiger partial charge in [-0.25, -0.2) is 0 Å². The molecule has 0 spiro atoms. The van der Waals surface area contributed by atoms with E-state index >= 15 is 0 Å². The number of nitrogens with zero attached hydrogens (tertiary/aromatic N) is 2. The van der Waals surface area contributed by atoms with E-state index in [1.54, 1.807) is 18.1 Å². The van der Waals surface area contributed by atoms with E-state index in [1.807, 2.05) is 29.2 Å². The number of likely N-dealkylation sites (tertiary alicyclic amines) is 1. The molecule has 0 bridgehead atoms. The van der Waals surface area contributed by atoms with Crippen LogP contribution in [0.25, 0.3) is 0 Å². The Morgan fingerprint density at radius 1 is 0.971 bits per heavy atom. The van der Waals surface area contributed by atoms with Crippen molar-refractivity contribution in [3.8, 4) is 17.2 Å². The lowest BCUT2D eigenvalue weighted by Gasteiger charge is -2.20. The van der Waals surface area contributed by atoms with Crippen LogP contribution in [0.15, 0.2) is 42.5 Å². The largest absolute Gasteiger partial charge is 0.493 e. The summed E-state index contributed by atoms with van der Waals surface area (Å²) in [5, 5.41) is 19.3. The standard InChI is InChI=1S/C26H32N2O6/c1-32-25-14-19(6-9-23(25)33-13-12-27-15-21(29)22(30)16-27)28-11-10-24(26(28)31)34-20-7-4-18(5-8-20)17-2-3-17/h4-9,14,17,21-22,24,29-30H,2-3,10-13,15-16H2,1H3/t21-,22+,24-/m0/s1. The maximum absolute atomic E-state index is 13.0. The Hall–Kier alpha value is -2.81. The van der Waals surface area contributed by atoms with Crippen molar-refractivity contribution in [1.82, 2.24) is 4.90 Å². The molecule has 2 N–H and O–H groups in total. The number of methoxy groups -OCH3 is 1. The summed E-state index contributed by atoms with van der Waals surface area (Å²) in [6.45, 7) is 2.43. The highest BCUT2D eigenvalue weighted by Crippen LogP contribution is 2.40. The van der Waals surface area contributed by atoms with Gasteiger partial charge in [0.25, 0.3) is 5.91 Å². The molecule has 2 aromatic rings. The normalized spacial score (nSPS) is 25.1. The van der Waals surface area contributed by atoms with Crippen LogP contribution in [0.4, 0.5) is 5.69 Å². The van der Waals surface area contributed by atoms with Gasteiger partial charge in [-0.1, -0.05) is 12.1 Å². The lowest BCUT2D eigenvalue weighted by molar-refractivity contribution is -0.122. The molecule has 1 saturated carbocycles. The predicted molar refractivity (Wildman–Crippen MR) is 127 cm³/mol. The average Bonchev–Trinajstić information content (AvgIpc) is 3.56. The number of benzene rings is 2. The van der Waals surface area contributed by atoms with Gasteiger partial charge in [0.15, 0.2) is 17.6 Å².